The maximum atomic E-state index is 4.77. The van der Waals surface area contributed by atoms with E-state index in [9.17, 15) is 0 Å². The Bertz CT molecular complexity index is 1230. The van der Waals surface area contributed by atoms with Gasteiger partial charge in [-0.2, -0.15) is 4.98 Å². The second kappa shape index (κ2) is 7.16. The van der Waals surface area contributed by atoms with Gasteiger partial charge in [-0.05, 0) is 56.6 Å². The van der Waals surface area contributed by atoms with E-state index in [2.05, 4.69) is 47.9 Å². The van der Waals surface area contributed by atoms with Crippen LogP contribution < -0.4 is 15.5 Å². The Morgan fingerprint density at radius 3 is 2.65 bits per heavy atom. The Kier molecular flexibility index (Phi) is 4.27. The number of aromatic nitrogens is 5. The molecule has 6 rings (SSSR count). The highest BCUT2D eigenvalue weighted by Crippen LogP contribution is 2.41. The molecule has 31 heavy (non-hydrogen) atoms. The Balaban J connectivity index is 1.22. The maximum absolute atomic E-state index is 4.77. The van der Waals surface area contributed by atoms with E-state index in [-0.39, 0.29) is 0 Å². The maximum Gasteiger partial charge on any atom is 0.230 e. The van der Waals surface area contributed by atoms with Crippen LogP contribution in [0.15, 0.2) is 42.9 Å². The highest BCUT2D eigenvalue weighted by molar-refractivity contribution is 5.79. The predicted octanol–water partition coefficient (Wildman–Crippen LogP) is 3.17. The second-order valence-electron chi connectivity index (χ2n) is 8.74. The molecule has 158 valence electrons. The zero-order chi connectivity index (χ0) is 20.8. The summed E-state index contributed by atoms with van der Waals surface area (Å²) in [6, 6.07) is 8.15. The number of imidazole rings is 1. The summed E-state index contributed by atoms with van der Waals surface area (Å²) in [6.45, 7) is 6.69. The van der Waals surface area contributed by atoms with Crippen LogP contribution in [0.2, 0.25) is 0 Å². The number of pyridine rings is 2. The van der Waals surface area contributed by atoms with Crippen LogP contribution in [-0.2, 0) is 6.42 Å². The van der Waals surface area contributed by atoms with Crippen molar-refractivity contribution in [1.82, 2.24) is 29.7 Å². The standard InChI is InChI=1S/C23H26N8/c1-2-17-12-26-20-6-3-16-11-27-22(29-21(16)31(17)20)28-19-5-4-18(13-25-19)30-14-23(15-30)7-9-24-10-8-23/h3-6,11-13,24H,2,7-10,14-15H2,1H3,(H,25,27,28,29). The van der Waals surface area contributed by atoms with Crippen LogP contribution in [0, 0.1) is 5.41 Å². The zero-order valence-corrected chi connectivity index (χ0v) is 17.7. The topological polar surface area (TPSA) is 83.3 Å². The van der Waals surface area contributed by atoms with Crippen molar-refractivity contribution >= 4 is 34.1 Å². The lowest BCUT2D eigenvalue weighted by Gasteiger charge is -2.53. The van der Waals surface area contributed by atoms with Crippen molar-refractivity contribution in [3.05, 3.63) is 48.5 Å². The number of hydrogen-bond donors (Lipinski definition) is 2. The van der Waals surface area contributed by atoms with Gasteiger partial charge in [0, 0.05) is 42.0 Å². The largest absolute Gasteiger partial charge is 0.369 e. The molecule has 4 aromatic heterocycles. The molecule has 1 spiro atoms. The molecule has 4 aromatic rings. The van der Waals surface area contributed by atoms with Gasteiger partial charge < -0.3 is 15.5 Å². The third kappa shape index (κ3) is 3.18. The predicted molar refractivity (Wildman–Crippen MR) is 122 cm³/mol. The first-order valence-corrected chi connectivity index (χ1v) is 11.0. The normalized spacial score (nSPS) is 17.9. The summed E-state index contributed by atoms with van der Waals surface area (Å²) >= 11 is 0. The second-order valence-corrected chi connectivity index (χ2v) is 8.74. The molecule has 2 N–H and O–H groups in total. The van der Waals surface area contributed by atoms with Crippen molar-refractivity contribution in [2.45, 2.75) is 26.2 Å². The SMILES string of the molecule is CCc1cnc2ccc3cnc(Nc4ccc(N5CC6(CCNCC6)C5)cn4)nc3n12. The highest BCUT2D eigenvalue weighted by atomic mass is 15.2. The van der Waals surface area contributed by atoms with Gasteiger partial charge in [0.15, 0.2) is 5.65 Å². The molecule has 2 aliphatic heterocycles. The molecular formula is C23H26N8. The first kappa shape index (κ1) is 18.5. The van der Waals surface area contributed by atoms with Gasteiger partial charge in [-0.1, -0.05) is 6.92 Å². The first-order valence-electron chi connectivity index (χ1n) is 11.0. The smallest absolute Gasteiger partial charge is 0.230 e. The Morgan fingerprint density at radius 2 is 1.87 bits per heavy atom. The molecule has 0 radical (unpaired) electrons. The summed E-state index contributed by atoms with van der Waals surface area (Å²) in [4.78, 5) is 20.8. The van der Waals surface area contributed by atoms with E-state index in [0.717, 1.165) is 60.8 Å². The van der Waals surface area contributed by atoms with Crippen molar-refractivity contribution in [1.29, 1.82) is 0 Å². The number of anilines is 3. The Hall–Kier alpha value is -3.26. The lowest BCUT2D eigenvalue weighted by Crippen LogP contribution is -2.60. The van der Waals surface area contributed by atoms with Crippen LogP contribution in [-0.4, -0.2) is 50.5 Å². The third-order valence-corrected chi connectivity index (χ3v) is 6.71. The molecule has 0 bridgehead atoms. The summed E-state index contributed by atoms with van der Waals surface area (Å²) < 4.78 is 2.10. The molecule has 0 unspecified atom stereocenters. The van der Waals surface area contributed by atoms with Crippen LogP contribution in [0.4, 0.5) is 17.5 Å². The molecule has 2 aliphatic rings. The molecule has 0 saturated carbocycles. The van der Waals surface area contributed by atoms with Crippen molar-refractivity contribution in [2.75, 3.05) is 36.4 Å². The van der Waals surface area contributed by atoms with Gasteiger partial charge in [0.2, 0.25) is 5.95 Å². The molecule has 2 fully saturated rings. The van der Waals surface area contributed by atoms with Gasteiger partial charge in [-0.3, -0.25) is 4.40 Å². The Morgan fingerprint density at radius 1 is 1.00 bits per heavy atom. The number of fused-ring (bicyclic) bond motifs is 3. The molecule has 8 nitrogen and oxygen atoms in total. The minimum atomic E-state index is 0.511. The van der Waals surface area contributed by atoms with Gasteiger partial charge >= 0.3 is 0 Å². The third-order valence-electron chi connectivity index (χ3n) is 6.71. The number of piperidine rings is 1. The van der Waals surface area contributed by atoms with E-state index in [1.807, 2.05) is 36.8 Å². The van der Waals surface area contributed by atoms with E-state index in [1.165, 1.54) is 18.5 Å². The fraction of sp³-hybridized carbons (Fsp3) is 0.391. The number of nitrogens with one attached hydrogen (secondary N) is 2. The highest BCUT2D eigenvalue weighted by Gasteiger charge is 2.43. The van der Waals surface area contributed by atoms with Crippen LogP contribution in [0.25, 0.3) is 16.7 Å². The molecule has 0 aliphatic carbocycles. The summed E-state index contributed by atoms with van der Waals surface area (Å²) in [6.07, 6.45) is 9.15. The summed E-state index contributed by atoms with van der Waals surface area (Å²) in [7, 11) is 0. The monoisotopic (exact) mass is 414 g/mol. The van der Waals surface area contributed by atoms with E-state index in [0.29, 0.717) is 11.4 Å². The number of hydrogen-bond acceptors (Lipinski definition) is 7. The van der Waals surface area contributed by atoms with Crippen LogP contribution in [0.3, 0.4) is 0 Å². The van der Waals surface area contributed by atoms with Crippen LogP contribution >= 0.6 is 0 Å². The molecular weight excluding hydrogens is 388 g/mol. The zero-order valence-electron chi connectivity index (χ0n) is 17.7. The van der Waals surface area contributed by atoms with E-state index in [1.54, 1.807) is 0 Å². The minimum Gasteiger partial charge on any atom is -0.369 e. The van der Waals surface area contributed by atoms with Crippen molar-refractivity contribution < 1.29 is 0 Å². The summed E-state index contributed by atoms with van der Waals surface area (Å²) in [5, 5.41) is 7.70. The van der Waals surface area contributed by atoms with Gasteiger partial charge in [0.05, 0.1) is 11.9 Å². The van der Waals surface area contributed by atoms with Crippen molar-refractivity contribution in [2.24, 2.45) is 5.41 Å². The molecule has 2 saturated heterocycles. The fourth-order valence-electron chi connectivity index (χ4n) is 4.90. The van der Waals surface area contributed by atoms with Crippen molar-refractivity contribution in [3.8, 4) is 0 Å². The van der Waals surface area contributed by atoms with Crippen LogP contribution in [0.1, 0.15) is 25.5 Å². The average Bonchev–Trinajstić information content (AvgIpc) is 3.22. The molecule has 8 heteroatoms. The van der Waals surface area contributed by atoms with Gasteiger partial charge in [0.25, 0.3) is 0 Å². The van der Waals surface area contributed by atoms with Crippen molar-refractivity contribution in [3.63, 3.8) is 0 Å². The summed E-state index contributed by atoms with van der Waals surface area (Å²) in [5.74, 6) is 1.28. The molecule has 0 amide bonds. The molecule has 0 aromatic carbocycles. The minimum absolute atomic E-state index is 0.511. The van der Waals surface area contributed by atoms with Gasteiger partial charge in [0.1, 0.15) is 11.5 Å². The van der Waals surface area contributed by atoms with Gasteiger partial charge in [-0.25, -0.2) is 15.0 Å². The Labute approximate surface area is 180 Å². The fourth-order valence-corrected chi connectivity index (χ4v) is 4.90. The number of aryl methyl sites for hydroxylation is 1. The van der Waals surface area contributed by atoms with Crippen LogP contribution in [0.5, 0.6) is 0 Å². The van der Waals surface area contributed by atoms with Gasteiger partial charge in [-0.15, -0.1) is 0 Å². The average molecular weight is 415 g/mol. The van der Waals surface area contributed by atoms with E-state index in [4.69, 9.17) is 4.98 Å². The first-order chi connectivity index (χ1) is 15.2. The lowest BCUT2D eigenvalue weighted by atomic mass is 9.72. The van der Waals surface area contributed by atoms with E-state index >= 15 is 0 Å². The number of rotatable bonds is 4. The lowest BCUT2D eigenvalue weighted by molar-refractivity contribution is 0.150. The van der Waals surface area contributed by atoms with E-state index < -0.39 is 0 Å². The quantitative estimate of drug-likeness (QED) is 0.531. The number of nitrogens with zero attached hydrogens (tertiary/aromatic N) is 6. The summed E-state index contributed by atoms with van der Waals surface area (Å²) in [5.41, 5.74) is 4.58. The molecule has 6 heterocycles. The molecule has 0 atom stereocenters.